The molecule has 0 N–H and O–H groups in total. The molecule has 0 aromatic carbocycles. The molecule has 0 radical (unpaired) electrons. The highest BCUT2D eigenvalue weighted by atomic mass is 28.4. The minimum absolute atomic E-state index is 0.0618. The highest BCUT2D eigenvalue weighted by Gasteiger charge is 2.64. The van der Waals surface area contributed by atoms with E-state index in [1.807, 2.05) is 0 Å². The zero-order valence-corrected chi connectivity index (χ0v) is 33.0. The van der Waals surface area contributed by atoms with Crippen LogP contribution in [0.4, 0.5) is 0 Å². The molecule has 0 aromatic rings. The van der Waals surface area contributed by atoms with Crippen LogP contribution in [0.1, 0.15) is 101 Å². The average molecular weight is 623 g/mol. The molecule has 0 spiro atoms. The van der Waals surface area contributed by atoms with Crippen molar-refractivity contribution in [1.82, 2.24) is 0 Å². The molecule has 0 bridgehead atoms. The van der Waals surface area contributed by atoms with E-state index in [1.165, 1.54) is 49.4 Å². The monoisotopic (exact) mass is 622 g/mol. The van der Waals surface area contributed by atoms with E-state index in [4.69, 9.17) is 19.9 Å². The van der Waals surface area contributed by atoms with Gasteiger partial charge in [0.1, 0.15) is 0 Å². The second-order valence-corrected chi connectivity index (χ2v) is 25.7. The normalized spacial score (nSPS) is 28.4. The summed E-state index contributed by atoms with van der Waals surface area (Å²) in [7, 11) is -4.03. The van der Waals surface area contributed by atoms with Crippen molar-refractivity contribution in [2.75, 3.05) is 6.61 Å². The standard InChI is InChI=1S/C35H70O3Si3/c1-15-41(16-2,17-3)37-32-27(4)25-30-29(31(34(8,9)10)26-35(30,32)38-40(13)14)23-22-28(33(5,6)7)21-19-18-20-24-36-39(11)12/h22-23,28-32,39-40H,4,15-21,24-26H2,1-3,5-14H3/t28-,29+,30-,31+,32?,35-/m0/s1. The number of fused-ring (bicyclic) bond motifs is 1. The topological polar surface area (TPSA) is 27.7 Å². The van der Waals surface area contributed by atoms with Gasteiger partial charge in [-0.05, 0) is 110 Å². The van der Waals surface area contributed by atoms with Gasteiger partial charge in [-0.15, -0.1) is 0 Å². The predicted molar refractivity (Wildman–Crippen MR) is 188 cm³/mol. The Kier molecular flexibility index (Phi) is 13.9. The number of unbranched alkanes of at least 4 members (excludes halogenated alkanes) is 2. The van der Waals surface area contributed by atoms with Crippen LogP contribution in [0.15, 0.2) is 24.3 Å². The molecule has 0 aromatic heterocycles. The van der Waals surface area contributed by atoms with Gasteiger partial charge in [0.2, 0.25) is 0 Å². The van der Waals surface area contributed by atoms with Crippen LogP contribution in [0, 0.1) is 34.5 Å². The highest BCUT2D eigenvalue weighted by molar-refractivity contribution is 6.73. The molecule has 2 fully saturated rings. The summed E-state index contributed by atoms with van der Waals surface area (Å²) in [6.07, 6.45) is 12.5. The molecule has 0 aliphatic heterocycles. The van der Waals surface area contributed by atoms with Crippen molar-refractivity contribution in [3.8, 4) is 0 Å². The van der Waals surface area contributed by atoms with E-state index < -0.39 is 26.4 Å². The van der Waals surface area contributed by atoms with Gasteiger partial charge in [-0.3, -0.25) is 0 Å². The predicted octanol–water partition coefficient (Wildman–Crippen LogP) is 10.2. The molecular weight excluding hydrogens is 553 g/mol. The zero-order valence-electron chi connectivity index (χ0n) is 29.7. The first kappa shape index (κ1) is 37.2. The molecule has 0 saturated heterocycles. The van der Waals surface area contributed by atoms with Crippen LogP contribution < -0.4 is 0 Å². The summed E-state index contributed by atoms with van der Waals surface area (Å²) < 4.78 is 20.6. The number of allylic oxidation sites excluding steroid dienone is 2. The van der Waals surface area contributed by atoms with Gasteiger partial charge in [0, 0.05) is 6.61 Å². The molecule has 2 aliphatic carbocycles. The maximum Gasteiger partial charge on any atom is 0.193 e. The Hall–Kier alpha value is 0.0106. The molecule has 3 nitrogen and oxygen atoms in total. The van der Waals surface area contributed by atoms with Crippen molar-refractivity contribution in [2.24, 2.45) is 34.5 Å². The van der Waals surface area contributed by atoms with Gasteiger partial charge in [0.05, 0.1) is 11.7 Å². The molecule has 2 aliphatic rings. The Bertz CT molecular complexity index is 828. The van der Waals surface area contributed by atoms with E-state index in [0.717, 1.165) is 19.4 Å². The summed E-state index contributed by atoms with van der Waals surface area (Å²) in [5, 5.41) is 0. The molecule has 41 heavy (non-hydrogen) atoms. The molecule has 1 unspecified atom stereocenters. The Labute approximate surface area is 261 Å². The van der Waals surface area contributed by atoms with Gasteiger partial charge in [-0.2, -0.15) is 0 Å². The van der Waals surface area contributed by atoms with Gasteiger partial charge >= 0.3 is 0 Å². The molecule has 240 valence electrons. The molecule has 6 heteroatoms. The number of rotatable bonds is 16. The van der Waals surface area contributed by atoms with Crippen LogP contribution in [0.2, 0.25) is 44.3 Å². The van der Waals surface area contributed by atoms with Gasteiger partial charge in [0.25, 0.3) is 0 Å². The third-order valence-corrected chi connectivity index (χ3v) is 17.0. The summed E-state index contributed by atoms with van der Waals surface area (Å²) in [5.74, 6) is 2.12. The first-order chi connectivity index (χ1) is 19.0. The maximum absolute atomic E-state index is 7.37. The zero-order chi connectivity index (χ0) is 31.2. The van der Waals surface area contributed by atoms with Gasteiger partial charge in [0.15, 0.2) is 26.4 Å². The second-order valence-electron chi connectivity index (χ2n) is 16.2. The SMILES string of the molecule is C=C1C[C@H]2[C@@H](C=C[C@H](CCCCCO[SiH](C)C)C(C)(C)C)[C@H](C(C)(C)C)C[C@@]2(O[SiH](C)C)C1O[Si](CC)(CC)CC. The summed E-state index contributed by atoms with van der Waals surface area (Å²) in [6.45, 7) is 36.6. The lowest BCUT2D eigenvalue weighted by Crippen LogP contribution is -2.53. The Balaban J connectivity index is 2.40. The lowest BCUT2D eigenvalue weighted by Gasteiger charge is -2.43. The molecule has 0 heterocycles. The minimum Gasteiger partial charge on any atom is -0.421 e. The molecule has 2 rings (SSSR count). The van der Waals surface area contributed by atoms with Crippen LogP contribution >= 0.6 is 0 Å². The van der Waals surface area contributed by atoms with Gasteiger partial charge < -0.3 is 13.3 Å². The van der Waals surface area contributed by atoms with E-state index in [2.05, 4.69) is 101 Å². The largest absolute Gasteiger partial charge is 0.421 e. The van der Waals surface area contributed by atoms with Gasteiger partial charge in [-0.1, -0.05) is 93.9 Å². The molecule has 2 saturated carbocycles. The maximum atomic E-state index is 7.37. The second kappa shape index (κ2) is 15.3. The van der Waals surface area contributed by atoms with E-state index in [1.54, 1.807) is 0 Å². The average Bonchev–Trinajstić information content (AvgIpc) is 3.29. The number of hydrogen-bond donors (Lipinski definition) is 0. The van der Waals surface area contributed by atoms with Crippen LogP contribution in [-0.2, 0) is 13.3 Å². The third kappa shape index (κ3) is 9.50. The Morgan fingerprint density at radius 2 is 1.56 bits per heavy atom. The van der Waals surface area contributed by atoms with E-state index in [-0.39, 0.29) is 22.5 Å². The fourth-order valence-corrected chi connectivity index (χ4v) is 12.6. The first-order valence-corrected chi connectivity index (χ1v) is 25.4. The van der Waals surface area contributed by atoms with Crippen LogP contribution in [0.5, 0.6) is 0 Å². The van der Waals surface area contributed by atoms with Gasteiger partial charge in [-0.25, -0.2) is 0 Å². The fraction of sp³-hybridized carbons (Fsp3) is 0.886. The van der Waals surface area contributed by atoms with Crippen LogP contribution in [0.3, 0.4) is 0 Å². The molecule has 0 amide bonds. The van der Waals surface area contributed by atoms with Crippen molar-refractivity contribution in [3.05, 3.63) is 24.3 Å². The first-order valence-electron chi connectivity index (χ1n) is 17.3. The fourth-order valence-electron chi connectivity index (χ4n) is 7.85. The minimum atomic E-state index is -1.81. The van der Waals surface area contributed by atoms with Crippen molar-refractivity contribution in [3.63, 3.8) is 0 Å². The Morgan fingerprint density at radius 3 is 2.05 bits per heavy atom. The summed E-state index contributed by atoms with van der Waals surface area (Å²) in [5.41, 5.74) is 1.57. The smallest absolute Gasteiger partial charge is 0.193 e. The summed E-state index contributed by atoms with van der Waals surface area (Å²) in [4.78, 5) is 0. The lowest BCUT2D eigenvalue weighted by atomic mass is 9.71. The van der Waals surface area contributed by atoms with Crippen LogP contribution in [-0.4, -0.2) is 44.7 Å². The highest BCUT2D eigenvalue weighted by Crippen LogP contribution is 2.62. The summed E-state index contributed by atoms with van der Waals surface area (Å²) >= 11 is 0. The quantitative estimate of drug-likeness (QED) is 0.0974. The van der Waals surface area contributed by atoms with Crippen molar-refractivity contribution in [2.45, 2.75) is 157 Å². The van der Waals surface area contributed by atoms with E-state index >= 15 is 0 Å². The van der Waals surface area contributed by atoms with Crippen molar-refractivity contribution < 1.29 is 13.3 Å². The summed E-state index contributed by atoms with van der Waals surface area (Å²) in [6, 6.07) is 3.53. The molecular formula is C35H70O3Si3. The van der Waals surface area contributed by atoms with E-state index in [0.29, 0.717) is 23.7 Å². The van der Waals surface area contributed by atoms with Crippen LogP contribution in [0.25, 0.3) is 0 Å². The van der Waals surface area contributed by atoms with Crippen molar-refractivity contribution in [1.29, 1.82) is 0 Å². The third-order valence-electron chi connectivity index (χ3n) is 10.5. The molecule has 6 atom stereocenters. The van der Waals surface area contributed by atoms with Crippen molar-refractivity contribution >= 4 is 26.4 Å². The lowest BCUT2D eigenvalue weighted by molar-refractivity contribution is -0.0380. The number of hydrogen-bond acceptors (Lipinski definition) is 3. The van der Waals surface area contributed by atoms with E-state index in [9.17, 15) is 0 Å². The Morgan fingerprint density at radius 1 is 0.951 bits per heavy atom.